The van der Waals surface area contributed by atoms with E-state index in [1.165, 1.54) is 186 Å². The average Bonchev–Trinajstić information content (AvgIpc) is 2.98. The van der Waals surface area contributed by atoms with Crippen LogP contribution >= 0.6 is 0 Å². The molecule has 0 saturated carbocycles. The topological polar surface area (TPSA) is 24.1 Å². The van der Waals surface area contributed by atoms with Crippen molar-refractivity contribution in [2.75, 3.05) is 7.05 Å². The SMILES string of the molecule is CCCCCCC/C=C\CCCCCCCCC(CCCCCCCC/C=C\CCCCCCCC)N/C=C\NC. The van der Waals surface area contributed by atoms with E-state index in [1.807, 2.05) is 13.2 Å². The molecule has 2 heteroatoms. The molecule has 1 atom stereocenters. The predicted molar refractivity (Wildman–Crippen MR) is 189 cm³/mol. The van der Waals surface area contributed by atoms with Crippen LogP contribution < -0.4 is 10.6 Å². The molecule has 242 valence electrons. The quantitative estimate of drug-likeness (QED) is 0.0592. The second-order valence-corrected chi connectivity index (χ2v) is 12.6. The zero-order chi connectivity index (χ0) is 29.7. The number of rotatable bonds is 34. The third kappa shape index (κ3) is 34.9. The van der Waals surface area contributed by atoms with Gasteiger partial charge in [0, 0.05) is 25.5 Å². The van der Waals surface area contributed by atoms with Crippen molar-refractivity contribution >= 4 is 0 Å². The van der Waals surface area contributed by atoms with Crippen molar-refractivity contribution < 1.29 is 0 Å². The van der Waals surface area contributed by atoms with Gasteiger partial charge in [0.25, 0.3) is 0 Å². The molecule has 0 rings (SSSR count). The first-order valence-electron chi connectivity index (χ1n) is 18.7. The summed E-state index contributed by atoms with van der Waals surface area (Å²) in [6, 6.07) is 0.642. The highest BCUT2D eigenvalue weighted by Crippen LogP contribution is 2.16. The first-order valence-corrected chi connectivity index (χ1v) is 18.7. The predicted octanol–water partition coefficient (Wildman–Crippen LogP) is 13.1. The number of nitrogens with one attached hydrogen (secondary N) is 2. The van der Waals surface area contributed by atoms with Gasteiger partial charge in [-0.2, -0.15) is 0 Å². The Labute approximate surface area is 260 Å². The van der Waals surface area contributed by atoms with Crippen molar-refractivity contribution in [1.82, 2.24) is 10.6 Å². The molecular formula is C39H76N2. The molecule has 0 bridgehead atoms. The van der Waals surface area contributed by atoms with Crippen molar-refractivity contribution in [2.24, 2.45) is 0 Å². The molecule has 0 aromatic rings. The van der Waals surface area contributed by atoms with Gasteiger partial charge in [0.2, 0.25) is 0 Å². The van der Waals surface area contributed by atoms with Gasteiger partial charge >= 0.3 is 0 Å². The number of allylic oxidation sites excluding steroid dienone is 4. The van der Waals surface area contributed by atoms with E-state index in [9.17, 15) is 0 Å². The van der Waals surface area contributed by atoms with E-state index in [0.717, 1.165) is 0 Å². The smallest absolute Gasteiger partial charge is 0.0256 e. The molecule has 0 aliphatic heterocycles. The Bertz CT molecular complexity index is 550. The highest BCUT2D eigenvalue weighted by Gasteiger charge is 2.06. The molecular weight excluding hydrogens is 496 g/mol. The fourth-order valence-electron chi connectivity index (χ4n) is 5.68. The number of hydrogen-bond acceptors (Lipinski definition) is 2. The van der Waals surface area contributed by atoms with Gasteiger partial charge in [0.15, 0.2) is 0 Å². The Morgan fingerprint density at radius 3 is 1.05 bits per heavy atom. The first kappa shape index (κ1) is 39.8. The summed E-state index contributed by atoms with van der Waals surface area (Å²) in [6.07, 6.45) is 53.9. The second-order valence-electron chi connectivity index (χ2n) is 12.6. The minimum Gasteiger partial charge on any atom is -0.393 e. The van der Waals surface area contributed by atoms with Crippen LogP contribution in [0, 0.1) is 0 Å². The van der Waals surface area contributed by atoms with Crippen LogP contribution in [0.15, 0.2) is 36.7 Å². The van der Waals surface area contributed by atoms with Gasteiger partial charge in [-0.1, -0.05) is 160 Å². The van der Waals surface area contributed by atoms with Gasteiger partial charge in [-0.15, -0.1) is 0 Å². The van der Waals surface area contributed by atoms with E-state index in [0.29, 0.717) is 6.04 Å². The molecule has 0 fully saturated rings. The first-order chi connectivity index (χ1) is 20.3. The van der Waals surface area contributed by atoms with E-state index >= 15 is 0 Å². The van der Waals surface area contributed by atoms with E-state index in [-0.39, 0.29) is 0 Å². The third-order valence-electron chi connectivity index (χ3n) is 8.46. The van der Waals surface area contributed by atoms with Gasteiger partial charge < -0.3 is 10.6 Å². The average molecular weight is 573 g/mol. The zero-order valence-corrected chi connectivity index (χ0v) is 28.5. The summed E-state index contributed by atoms with van der Waals surface area (Å²) < 4.78 is 0. The van der Waals surface area contributed by atoms with Gasteiger partial charge in [0.1, 0.15) is 0 Å². The summed E-state index contributed by atoms with van der Waals surface area (Å²) in [6.45, 7) is 4.59. The molecule has 0 spiro atoms. The van der Waals surface area contributed by atoms with E-state index in [1.54, 1.807) is 0 Å². The van der Waals surface area contributed by atoms with Crippen LogP contribution in [0.4, 0.5) is 0 Å². The highest BCUT2D eigenvalue weighted by molar-refractivity contribution is 4.82. The maximum Gasteiger partial charge on any atom is 0.0256 e. The summed E-state index contributed by atoms with van der Waals surface area (Å²) in [5, 5.41) is 6.78. The van der Waals surface area contributed by atoms with Crippen LogP contribution in [-0.2, 0) is 0 Å². The normalized spacial score (nSPS) is 12.8. The van der Waals surface area contributed by atoms with Crippen molar-refractivity contribution in [3.05, 3.63) is 36.7 Å². The minimum absolute atomic E-state index is 0.642. The van der Waals surface area contributed by atoms with Crippen LogP contribution in [-0.4, -0.2) is 13.1 Å². The molecule has 0 aliphatic carbocycles. The lowest BCUT2D eigenvalue weighted by Gasteiger charge is -2.17. The van der Waals surface area contributed by atoms with Gasteiger partial charge in [-0.05, 0) is 64.2 Å². The summed E-state index contributed by atoms with van der Waals surface area (Å²) >= 11 is 0. The summed E-state index contributed by atoms with van der Waals surface area (Å²) in [5.41, 5.74) is 0. The lowest BCUT2D eigenvalue weighted by atomic mass is 10.00. The molecule has 0 aliphatic rings. The largest absolute Gasteiger partial charge is 0.393 e. The molecule has 0 radical (unpaired) electrons. The Morgan fingerprint density at radius 2 is 0.707 bits per heavy atom. The molecule has 1 unspecified atom stereocenters. The third-order valence-corrected chi connectivity index (χ3v) is 8.46. The molecule has 2 nitrogen and oxygen atoms in total. The van der Waals surface area contributed by atoms with Crippen molar-refractivity contribution in [2.45, 2.75) is 206 Å². The monoisotopic (exact) mass is 573 g/mol. The number of hydrogen-bond donors (Lipinski definition) is 2. The summed E-state index contributed by atoms with van der Waals surface area (Å²) in [7, 11) is 1.98. The maximum absolute atomic E-state index is 3.66. The van der Waals surface area contributed by atoms with E-state index in [2.05, 4.69) is 55.0 Å². The fourth-order valence-corrected chi connectivity index (χ4v) is 5.68. The molecule has 0 amide bonds. The highest BCUT2D eigenvalue weighted by atomic mass is 14.9. The van der Waals surface area contributed by atoms with Crippen LogP contribution in [0.3, 0.4) is 0 Å². The Kier molecular flexibility index (Phi) is 35.8. The van der Waals surface area contributed by atoms with Crippen molar-refractivity contribution in [3.63, 3.8) is 0 Å². The molecule has 2 N–H and O–H groups in total. The number of unbranched alkanes of at least 4 members (excludes halogenated alkanes) is 23. The Balaban J connectivity index is 3.65. The minimum atomic E-state index is 0.642. The van der Waals surface area contributed by atoms with Crippen molar-refractivity contribution in [3.8, 4) is 0 Å². The fraction of sp³-hybridized carbons (Fsp3) is 0.846. The van der Waals surface area contributed by atoms with Crippen molar-refractivity contribution in [1.29, 1.82) is 0 Å². The molecule has 0 aromatic carbocycles. The maximum atomic E-state index is 3.66. The van der Waals surface area contributed by atoms with Gasteiger partial charge in [0.05, 0.1) is 0 Å². The van der Waals surface area contributed by atoms with Crippen LogP contribution in [0.25, 0.3) is 0 Å². The lowest BCUT2D eigenvalue weighted by molar-refractivity contribution is 0.445. The zero-order valence-electron chi connectivity index (χ0n) is 28.5. The lowest BCUT2D eigenvalue weighted by Crippen LogP contribution is -2.24. The summed E-state index contributed by atoms with van der Waals surface area (Å²) in [4.78, 5) is 0. The molecule has 0 aromatic heterocycles. The standard InChI is InChI=1S/C39H76N2/c1-4-6-8-10-12-14-16-18-20-22-24-26-28-30-32-34-36-39(41-38-37-40-3)35-33-31-29-27-25-23-21-19-17-15-13-11-9-7-5-2/h17-20,37-41H,4-16,21-36H2,1-3H3/b19-17-,20-18-,38-37-. The summed E-state index contributed by atoms with van der Waals surface area (Å²) in [5.74, 6) is 0. The van der Waals surface area contributed by atoms with Crippen LogP contribution in [0.1, 0.15) is 200 Å². The molecule has 0 heterocycles. The Hall–Kier alpha value is -1.18. The van der Waals surface area contributed by atoms with Crippen LogP contribution in [0.2, 0.25) is 0 Å². The Morgan fingerprint density at radius 1 is 0.390 bits per heavy atom. The van der Waals surface area contributed by atoms with Gasteiger partial charge in [-0.3, -0.25) is 0 Å². The van der Waals surface area contributed by atoms with E-state index < -0.39 is 0 Å². The van der Waals surface area contributed by atoms with E-state index in [4.69, 9.17) is 0 Å². The van der Waals surface area contributed by atoms with Crippen LogP contribution in [0.5, 0.6) is 0 Å². The molecule has 0 saturated heterocycles. The second kappa shape index (κ2) is 36.8. The molecule has 41 heavy (non-hydrogen) atoms. The van der Waals surface area contributed by atoms with Gasteiger partial charge in [-0.25, -0.2) is 0 Å².